The van der Waals surface area contributed by atoms with Gasteiger partial charge < -0.3 is 9.26 Å². The fourth-order valence-corrected chi connectivity index (χ4v) is 3.30. The first kappa shape index (κ1) is 16.0. The Morgan fingerprint density at radius 3 is 2.64 bits per heavy atom. The van der Waals surface area contributed by atoms with E-state index < -0.39 is 26.8 Å². The minimum absolute atomic E-state index is 0.233. The molecule has 1 heterocycles. The highest BCUT2D eigenvalue weighted by molar-refractivity contribution is 7.90. The lowest BCUT2D eigenvalue weighted by Gasteiger charge is -2.11. The van der Waals surface area contributed by atoms with Gasteiger partial charge in [0.25, 0.3) is 15.9 Å². The van der Waals surface area contributed by atoms with Gasteiger partial charge in [0.2, 0.25) is 0 Å². The molecule has 0 saturated carbocycles. The topological polar surface area (TPSA) is 116 Å². The monoisotopic (exact) mass is 344 g/mol. The molecule has 0 radical (unpaired) electrons. The molecule has 116 valence electrons. The summed E-state index contributed by atoms with van der Waals surface area (Å²) in [7, 11) is -3.33. The number of esters is 1. The SMILES string of the molecule is COC(=O)c1cccc(Cl)c1S(=O)(=O)NC(=O)c1ccon1. The van der Waals surface area contributed by atoms with Gasteiger partial charge in [-0.25, -0.2) is 17.9 Å². The molecule has 1 aromatic heterocycles. The molecule has 1 N–H and O–H groups in total. The van der Waals surface area contributed by atoms with Crippen LogP contribution in [0.25, 0.3) is 0 Å². The van der Waals surface area contributed by atoms with Gasteiger partial charge in [0, 0.05) is 6.07 Å². The van der Waals surface area contributed by atoms with Crippen LogP contribution in [0.15, 0.2) is 39.9 Å². The molecule has 1 aromatic carbocycles. The highest BCUT2D eigenvalue weighted by atomic mass is 35.5. The van der Waals surface area contributed by atoms with Crippen LogP contribution in [0, 0.1) is 0 Å². The van der Waals surface area contributed by atoms with Crippen molar-refractivity contribution >= 4 is 33.5 Å². The van der Waals surface area contributed by atoms with Gasteiger partial charge in [-0.15, -0.1) is 0 Å². The number of ether oxygens (including phenoxy) is 1. The zero-order valence-corrected chi connectivity index (χ0v) is 12.6. The molecule has 0 aliphatic carbocycles. The molecule has 22 heavy (non-hydrogen) atoms. The van der Waals surface area contributed by atoms with Crippen molar-refractivity contribution in [1.82, 2.24) is 9.88 Å². The number of carbonyl (C=O) groups is 2. The van der Waals surface area contributed by atoms with Gasteiger partial charge in [0.05, 0.1) is 17.7 Å². The first-order valence-electron chi connectivity index (χ1n) is 5.71. The van der Waals surface area contributed by atoms with Crippen LogP contribution in [0.4, 0.5) is 0 Å². The van der Waals surface area contributed by atoms with E-state index in [4.69, 9.17) is 11.6 Å². The van der Waals surface area contributed by atoms with Gasteiger partial charge in [0.1, 0.15) is 11.2 Å². The van der Waals surface area contributed by atoms with Crippen LogP contribution < -0.4 is 4.72 Å². The van der Waals surface area contributed by atoms with E-state index >= 15 is 0 Å². The molecule has 2 rings (SSSR count). The van der Waals surface area contributed by atoms with Crippen LogP contribution in [0.3, 0.4) is 0 Å². The molecule has 0 fully saturated rings. The van der Waals surface area contributed by atoms with Crippen molar-refractivity contribution in [3.05, 3.63) is 46.8 Å². The van der Waals surface area contributed by atoms with E-state index in [1.807, 2.05) is 0 Å². The number of rotatable bonds is 4. The number of nitrogens with one attached hydrogen (secondary N) is 1. The molecular formula is C12H9ClN2O6S. The van der Waals surface area contributed by atoms with Crippen molar-refractivity contribution in [2.75, 3.05) is 7.11 Å². The van der Waals surface area contributed by atoms with E-state index in [1.165, 1.54) is 24.3 Å². The number of sulfonamides is 1. The Balaban J connectivity index is 2.46. The number of carbonyl (C=O) groups excluding carboxylic acids is 2. The predicted molar refractivity (Wildman–Crippen MR) is 73.9 cm³/mol. The van der Waals surface area contributed by atoms with Gasteiger partial charge >= 0.3 is 5.97 Å². The first-order chi connectivity index (χ1) is 10.4. The fraction of sp³-hybridized carbons (Fsp3) is 0.0833. The average Bonchev–Trinajstić information content (AvgIpc) is 2.99. The molecule has 0 aliphatic heterocycles. The second-order valence-corrected chi connectivity index (χ2v) is 5.95. The molecule has 0 spiro atoms. The maximum atomic E-state index is 12.3. The summed E-state index contributed by atoms with van der Waals surface area (Å²) in [6.45, 7) is 0. The second kappa shape index (κ2) is 6.16. The largest absolute Gasteiger partial charge is 0.465 e. The van der Waals surface area contributed by atoms with E-state index in [-0.39, 0.29) is 16.3 Å². The number of aromatic nitrogens is 1. The van der Waals surface area contributed by atoms with Crippen molar-refractivity contribution < 1.29 is 27.3 Å². The molecule has 0 atom stereocenters. The van der Waals surface area contributed by atoms with Gasteiger partial charge in [-0.05, 0) is 12.1 Å². The number of nitrogens with zero attached hydrogens (tertiary/aromatic N) is 1. The van der Waals surface area contributed by atoms with Crippen molar-refractivity contribution in [2.24, 2.45) is 0 Å². The number of hydrogen-bond donors (Lipinski definition) is 1. The van der Waals surface area contributed by atoms with E-state index in [2.05, 4.69) is 14.4 Å². The Labute approximate surface area is 130 Å². The van der Waals surface area contributed by atoms with Gasteiger partial charge in [-0.2, -0.15) is 0 Å². The summed E-state index contributed by atoms with van der Waals surface area (Å²) in [4.78, 5) is 22.9. The average molecular weight is 345 g/mol. The Bertz CT molecular complexity index is 816. The predicted octanol–water partition coefficient (Wildman–Crippen LogP) is 1.23. The smallest absolute Gasteiger partial charge is 0.339 e. The van der Waals surface area contributed by atoms with E-state index in [9.17, 15) is 18.0 Å². The van der Waals surface area contributed by atoms with E-state index in [0.717, 1.165) is 13.4 Å². The van der Waals surface area contributed by atoms with Crippen LogP contribution in [-0.2, 0) is 14.8 Å². The van der Waals surface area contributed by atoms with E-state index in [0.29, 0.717) is 0 Å². The quantitative estimate of drug-likeness (QED) is 0.829. The van der Waals surface area contributed by atoms with Gasteiger partial charge in [0.15, 0.2) is 5.69 Å². The highest BCUT2D eigenvalue weighted by Crippen LogP contribution is 2.26. The Kier molecular flexibility index (Phi) is 4.48. The molecule has 0 bridgehead atoms. The summed E-state index contributed by atoms with van der Waals surface area (Å²) < 4.78 is 35.3. The standard InChI is InChI=1S/C12H9ClN2O6S/c1-20-12(17)7-3-2-4-8(13)10(7)22(18,19)15-11(16)9-5-6-21-14-9/h2-6H,1H3,(H,15,16). The van der Waals surface area contributed by atoms with Crippen LogP contribution >= 0.6 is 11.6 Å². The van der Waals surface area contributed by atoms with Crippen molar-refractivity contribution in [1.29, 1.82) is 0 Å². The molecular weight excluding hydrogens is 336 g/mol. The number of amides is 1. The highest BCUT2D eigenvalue weighted by Gasteiger charge is 2.28. The third-order valence-corrected chi connectivity index (χ3v) is 4.40. The lowest BCUT2D eigenvalue weighted by atomic mass is 10.2. The fourth-order valence-electron chi connectivity index (χ4n) is 1.61. The van der Waals surface area contributed by atoms with Crippen LogP contribution in [0.2, 0.25) is 5.02 Å². The number of benzene rings is 1. The maximum Gasteiger partial charge on any atom is 0.339 e. The summed E-state index contributed by atoms with van der Waals surface area (Å²) in [6.07, 6.45) is 1.11. The zero-order valence-electron chi connectivity index (χ0n) is 11.1. The second-order valence-electron chi connectivity index (χ2n) is 3.93. The van der Waals surface area contributed by atoms with Gasteiger partial charge in [-0.3, -0.25) is 4.79 Å². The van der Waals surface area contributed by atoms with Crippen LogP contribution in [0.5, 0.6) is 0 Å². The number of halogens is 1. The van der Waals surface area contributed by atoms with Crippen LogP contribution in [-0.4, -0.2) is 32.6 Å². The maximum absolute atomic E-state index is 12.3. The molecule has 0 unspecified atom stereocenters. The molecule has 10 heteroatoms. The van der Waals surface area contributed by atoms with E-state index in [1.54, 1.807) is 4.72 Å². The molecule has 1 amide bonds. The number of methoxy groups -OCH3 is 1. The summed E-state index contributed by atoms with van der Waals surface area (Å²) >= 11 is 5.85. The normalized spacial score (nSPS) is 11.0. The molecule has 2 aromatic rings. The lowest BCUT2D eigenvalue weighted by molar-refractivity contribution is 0.0596. The Morgan fingerprint density at radius 2 is 2.05 bits per heavy atom. The third-order valence-electron chi connectivity index (χ3n) is 2.54. The first-order valence-corrected chi connectivity index (χ1v) is 7.57. The molecule has 8 nitrogen and oxygen atoms in total. The summed E-state index contributed by atoms with van der Waals surface area (Å²) in [6, 6.07) is 5.04. The molecule has 0 aliphatic rings. The van der Waals surface area contributed by atoms with Gasteiger partial charge in [-0.1, -0.05) is 22.8 Å². The summed E-state index contributed by atoms with van der Waals surface area (Å²) in [5, 5.41) is 3.08. The minimum atomic E-state index is -4.42. The lowest BCUT2D eigenvalue weighted by Crippen LogP contribution is -2.32. The molecule has 0 saturated heterocycles. The Hall–Kier alpha value is -2.39. The summed E-state index contributed by atoms with van der Waals surface area (Å²) in [5.74, 6) is -1.93. The number of hydrogen-bond acceptors (Lipinski definition) is 7. The van der Waals surface area contributed by atoms with Crippen molar-refractivity contribution in [2.45, 2.75) is 4.90 Å². The summed E-state index contributed by atoms with van der Waals surface area (Å²) in [5.41, 5.74) is -0.536. The van der Waals surface area contributed by atoms with Crippen molar-refractivity contribution in [3.63, 3.8) is 0 Å². The zero-order chi connectivity index (χ0) is 16.3. The minimum Gasteiger partial charge on any atom is -0.465 e. The van der Waals surface area contributed by atoms with Crippen molar-refractivity contribution in [3.8, 4) is 0 Å². The van der Waals surface area contributed by atoms with Crippen LogP contribution in [0.1, 0.15) is 20.8 Å². The third kappa shape index (κ3) is 3.10. The Morgan fingerprint density at radius 1 is 1.32 bits per heavy atom.